The van der Waals surface area contributed by atoms with Crippen LogP contribution in [0.3, 0.4) is 0 Å². The highest BCUT2D eigenvalue weighted by molar-refractivity contribution is 5.93. The maximum atomic E-state index is 13.0. The molecule has 0 aromatic heterocycles. The van der Waals surface area contributed by atoms with E-state index in [1.54, 1.807) is 24.3 Å². The summed E-state index contributed by atoms with van der Waals surface area (Å²) in [5, 5.41) is 8.46. The summed E-state index contributed by atoms with van der Waals surface area (Å²) in [7, 11) is 1.53. The second-order valence-electron chi connectivity index (χ2n) is 9.59. The molecule has 32 heavy (non-hydrogen) atoms. The van der Waals surface area contributed by atoms with E-state index in [0.29, 0.717) is 42.3 Å². The van der Waals surface area contributed by atoms with Gasteiger partial charge in [-0.25, -0.2) is 4.79 Å². The molecule has 0 atom stereocenters. The van der Waals surface area contributed by atoms with Crippen LogP contribution < -0.4 is 16.0 Å². The number of ether oxygens (including phenoxy) is 2. The fraction of sp³-hybridized carbons (Fsp3) is 0.625. The molecule has 4 bridgehead atoms. The van der Waals surface area contributed by atoms with Gasteiger partial charge in [-0.15, -0.1) is 0 Å². The summed E-state index contributed by atoms with van der Waals surface area (Å²) < 4.78 is 9.80. The van der Waals surface area contributed by atoms with E-state index in [1.807, 2.05) is 0 Å². The number of methoxy groups -OCH3 is 1. The molecule has 174 valence electrons. The molecule has 0 spiro atoms. The van der Waals surface area contributed by atoms with Crippen LogP contribution in [0.15, 0.2) is 24.3 Å². The Morgan fingerprint density at radius 3 is 2.22 bits per heavy atom. The van der Waals surface area contributed by atoms with Gasteiger partial charge in [-0.2, -0.15) is 0 Å². The first-order valence-corrected chi connectivity index (χ1v) is 11.6. The average Bonchev–Trinajstić information content (AvgIpc) is 2.73. The maximum Gasteiger partial charge on any atom is 0.411 e. The largest absolute Gasteiger partial charge is 0.447 e. The summed E-state index contributed by atoms with van der Waals surface area (Å²) in [5.74, 6) is 2.11. The first-order valence-electron chi connectivity index (χ1n) is 11.6. The minimum Gasteiger partial charge on any atom is -0.447 e. The van der Waals surface area contributed by atoms with E-state index in [2.05, 4.69) is 16.0 Å². The number of benzene rings is 1. The van der Waals surface area contributed by atoms with Crippen molar-refractivity contribution in [2.24, 2.45) is 23.2 Å². The van der Waals surface area contributed by atoms with Crippen molar-refractivity contribution in [3.63, 3.8) is 0 Å². The van der Waals surface area contributed by atoms with Gasteiger partial charge in [0.15, 0.2) is 0 Å². The van der Waals surface area contributed by atoms with E-state index in [4.69, 9.17) is 9.47 Å². The fourth-order valence-corrected chi connectivity index (χ4v) is 6.14. The van der Waals surface area contributed by atoms with E-state index >= 15 is 0 Å². The Bertz CT molecular complexity index is 821. The number of hydrogen-bond acceptors (Lipinski definition) is 5. The molecule has 0 saturated heterocycles. The Balaban J connectivity index is 1.21. The number of amides is 3. The van der Waals surface area contributed by atoms with Crippen LogP contribution in [0.25, 0.3) is 0 Å². The molecular weight excluding hydrogens is 410 g/mol. The number of carbonyl (C=O) groups excluding carboxylic acids is 3. The summed E-state index contributed by atoms with van der Waals surface area (Å²) in [5.41, 5.74) is 0.890. The third-order valence-electron chi connectivity index (χ3n) is 7.07. The van der Waals surface area contributed by atoms with Crippen LogP contribution in [0, 0.1) is 23.2 Å². The second kappa shape index (κ2) is 9.90. The molecule has 1 aromatic carbocycles. The summed E-state index contributed by atoms with van der Waals surface area (Å²) in [4.78, 5) is 37.1. The molecule has 5 rings (SSSR count). The predicted molar refractivity (Wildman–Crippen MR) is 120 cm³/mol. The average molecular weight is 444 g/mol. The lowest BCUT2D eigenvalue weighted by atomic mass is 9.49. The monoisotopic (exact) mass is 443 g/mol. The standard InChI is InChI=1S/C24H33N3O5/c1-31-7-8-32-23(30)27-20-4-2-3-19(12-20)26-21(28)5-6-25-22(29)24-13-16-9-17(14-24)11-18(10-16)15-24/h2-4,12,16-18H,5-11,13-15H2,1H3,(H,25,29)(H,26,28)(H,27,30). The van der Waals surface area contributed by atoms with Crippen molar-refractivity contribution in [2.45, 2.75) is 44.9 Å². The maximum absolute atomic E-state index is 13.0. The number of rotatable bonds is 9. The van der Waals surface area contributed by atoms with Crippen molar-refractivity contribution in [1.82, 2.24) is 5.32 Å². The zero-order valence-electron chi connectivity index (χ0n) is 18.7. The molecule has 0 heterocycles. The molecule has 3 N–H and O–H groups in total. The molecule has 0 radical (unpaired) electrons. The molecule has 4 fully saturated rings. The summed E-state index contributed by atoms with van der Waals surface area (Å²) in [6.07, 6.45) is 6.57. The van der Waals surface area contributed by atoms with Gasteiger partial charge in [-0.05, 0) is 74.5 Å². The van der Waals surface area contributed by atoms with Crippen LogP contribution in [0.1, 0.15) is 44.9 Å². The van der Waals surface area contributed by atoms with Gasteiger partial charge >= 0.3 is 6.09 Å². The molecule has 0 unspecified atom stereocenters. The first-order chi connectivity index (χ1) is 15.5. The number of nitrogens with one attached hydrogen (secondary N) is 3. The van der Waals surface area contributed by atoms with Crippen molar-refractivity contribution >= 4 is 29.3 Å². The predicted octanol–water partition coefficient (Wildman–Crippen LogP) is 3.54. The molecule has 8 nitrogen and oxygen atoms in total. The number of hydrogen-bond donors (Lipinski definition) is 3. The minimum absolute atomic E-state index is 0.141. The van der Waals surface area contributed by atoms with Gasteiger partial charge < -0.3 is 20.1 Å². The van der Waals surface area contributed by atoms with E-state index in [9.17, 15) is 14.4 Å². The fourth-order valence-electron chi connectivity index (χ4n) is 6.14. The zero-order chi connectivity index (χ0) is 22.6. The zero-order valence-corrected chi connectivity index (χ0v) is 18.7. The number of anilines is 2. The van der Waals surface area contributed by atoms with E-state index < -0.39 is 6.09 Å². The second-order valence-corrected chi connectivity index (χ2v) is 9.59. The molecule has 3 amide bonds. The summed E-state index contributed by atoms with van der Waals surface area (Å²) in [6.45, 7) is 0.812. The Morgan fingerprint density at radius 2 is 1.59 bits per heavy atom. The van der Waals surface area contributed by atoms with Crippen LogP contribution in [0.2, 0.25) is 0 Å². The molecule has 4 saturated carbocycles. The molecule has 4 aliphatic carbocycles. The Labute approximate surface area is 188 Å². The topological polar surface area (TPSA) is 106 Å². The van der Waals surface area contributed by atoms with E-state index in [-0.39, 0.29) is 30.3 Å². The quantitative estimate of drug-likeness (QED) is 0.506. The summed E-state index contributed by atoms with van der Waals surface area (Å²) in [6, 6.07) is 6.84. The van der Waals surface area contributed by atoms with Crippen LogP contribution in [-0.4, -0.2) is 44.8 Å². The molecule has 8 heteroatoms. The van der Waals surface area contributed by atoms with E-state index in [1.165, 1.54) is 26.4 Å². The molecule has 0 aliphatic heterocycles. The Hall–Kier alpha value is -2.61. The highest BCUT2D eigenvalue weighted by Crippen LogP contribution is 2.60. The molecule has 1 aromatic rings. The normalized spacial score (nSPS) is 27.6. The minimum atomic E-state index is -0.585. The van der Waals surface area contributed by atoms with Crippen molar-refractivity contribution in [3.05, 3.63) is 24.3 Å². The highest BCUT2D eigenvalue weighted by atomic mass is 16.6. The van der Waals surface area contributed by atoms with Crippen molar-refractivity contribution < 1.29 is 23.9 Å². The van der Waals surface area contributed by atoms with Crippen molar-refractivity contribution in [2.75, 3.05) is 37.5 Å². The lowest BCUT2D eigenvalue weighted by Crippen LogP contribution is -2.53. The van der Waals surface area contributed by atoms with Crippen molar-refractivity contribution in [1.29, 1.82) is 0 Å². The Morgan fingerprint density at radius 1 is 0.969 bits per heavy atom. The smallest absolute Gasteiger partial charge is 0.411 e. The van der Waals surface area contributed by atoms with Crippen molar-refractivity contribution in [3.8, 4) is 0 Å². The molecular formula is C24H33N3O5. The first kappa shape index (κ1) is 22.6. The van der Waals surface area contributed by atoms with Gasteiger partial charge in [0, 0.05) is 36.9 Å². The van der Waals surface area contributed by atoms with Gasteiger partial charge in [-0.1, -0.05) is 6.07 Å². The summed E-state index contributed by atoms with van der Waals surface area (Å²) >= 11 is 0. The van der Waals surface area contributed by atoms with Crippen LogP contribution in [0.5, 0.6) is 0 Å². The van der Waals surface area contributed by atoms with E-state index in [0.717, 1.165) is 19.3 Å². The van der Waals surface area contributed by atoms with Gasteiger partial charge in [-0.3, -0.25) is 14.9 Å². The lowest BCUT2D eigenvalue weighted by molar-refractivity contribution is -0.146. The number of carbonyl (C=O) groups is 3. The third kappa shape index (κ3) is 5.41. The van der Waals surface area contributed by atoms with Gasteiger partial charge in [0.25, 0.3) is 0 Å². The van der Waals surface area contributed by atoms with Crippen LogP contribution in [-0.2, 0) is 19.1 Å². The lowest BCUT2D eigenvalue weighted by Gasteiger charge is -2.55. The third-order valence-corrected chi connectivity index (χ3v) is 7.07. The molecule has 4 aliphatic rings. The van der Waals surface area contributed by atoms with Crippen LogP contribution in [0.4, 0.5) is 16.2 Å². The van der Waals surface area contributed by atoms with Gasteiger partial charge in [0.1, 0.15) is 6.61 Å². The van der Waals surface area contributed by atoms with Crippen LogP contribution >= 0.6 is 0 Å². The van der Waals surface area contributed by atoms with Gasteiger partial charge in [0.05, 0.1) is 6.61 Å². The Kier molecular flexibility index (Phi) is 6.98. The van der Waals surface area contributed by atoms with Gasteiger partial charge in [0.2, 0.25) is 11.8 Å². The highest BCUT2D eigenvalue weighted by Gasteiger charge is 2.54. The SMILES string of the molecule is COCCOC(=O)Nc1cccc(NC(=O)CCNC(=O)C23CC4CC(CC(C4)C2)C3)c1.